The summed E-state index contributed by atoms with van der Waals surface area (Å²) < 4.78 is 227. The van der Waals surface area contributed by atoms with Crippen LogP contribution in [0.15, 0.2) is 12.1 Å². The fourth-order valence-electron chi connectivity index (χ4n) is 5.87. The first-order valence-corrected chi connectivity index (χ1v) is 14.9. The van der Waals surface area contributed by atoms with Gasteiger partial charge in [0.05, 0.1) is 5.30 Å². The van der Waals surface area contributed by atoms with Gasteiger partial charge >= 0.3 is 0 Å². The van der Waals surface area contributed by atoms with E-state index in [9.17, 15) is 26.3 Å². The van der Waals surface area contributed by atoms with E-state index in [1.807, 2.05) is 0 Å². The van der Waals surface area contributed by atoms with E-state index in [-0.39, 0.29) is 5.30 Å². The zero-order valence-electron chi connectivity index (χ0n) is 25.3. The van der Waals surface area contributed by atoms with E-state index in [0.29, 0.717) is 16.7 Å². The maximum atomic E-state index is 17.3. The minimum atomic E-state index is -6.87. The van der Waals surface area contributed by atoms with Crippen molar-refractivity contribution in [1.82, 2.24) is 0 Å². The molecule has 0 nitrogen and oxygen atoms in total. The smallest absolute Gasteiger partial charge is 0.251 e. The summed E-state index contributed by atoms with van der Waals surface area (Å²) in [5.41, 5.74) is -8.05. The maximum Gasteiger partial charge on any atom is 0.251 e. The normalized spacial score (nSPS) is 13.0. The standard InChI is InChI=1S/C31H20BF15P/c1-9-7-10(2)29(11(3)8-9)48(31(4,5)6)30-27(45)19(37)14(20(38)28(30)46)32(47,12-15(33)21(39)25(43)22(40)16(12)34)13-17(35)23(41)26(44)24(42)18(13)36/h7-8H,1-6H3/q-1. The summed E-state index contributed by atoms with van der Waals surface area (Å²) in [6.45, 7) is 8.76. The number of benzene rings is 4. The number of hydrogen-bond acceptors (Lipinski definition) is 0. The Morgan fingerprint density at radius 3 is 0.938 bits per heavy atom. The second-order valence-electron chi connectivity index (χ2n) is 12.0. The van der Waals surface area contributed by atoms with Crippen molar-refractivity contribution in [2.24, 2.45) is 0 Å². The van der Waals surface area contributed by atoms with Crippen molar-refractivity contribution in [2.75, 3.05) is 0 Å². The zero-order valence-corrected chi connectivity index (χ0v) is 26.2. The lowest BCUT2D eigenvalue weighted by Gasteiger charge is -2.39. The molecule has 0 aliphatic heterocycles. The van der Waals surface area contributed by atoms with Crippen molar-refractivity contribution in [2.45, 2.75) is 46.7 Å². The quantitative estimate of drug-likeness (QED) is 0.0652. The lowest BCUT2D eigenvalue weighted by Crippen LogP contribution is -2.70. The van der Waals surface area contributed by atoms with Gasteiger partial charge < -0.3 is 4.32 Å². The molecule has 0 aromatic heterocycles. The summed E-state index contributed by atoms with van der Waals surface area (Å²) in [7, 11) is -2.61. The molecular formula is C31H20BF15P-. The highest BCUT2D eigenvalue weighted by Crippen LogP contribution is 2.50. The van der Waals surface area contributed by atoms with Gasteiger partial charge in [0.25, 0.3) is 6.42 Å². The Bertz CT molecular complexity index is 1840. The molecule has 0 saturated heterocycles. The monoisotopic (exact) mass is 719 g/mol. The predicted molar refractivity (Wildman–Crippen MR) is 151 cm³/mol. The molecule has 4 aromatic rings. The maximum absolute atomic E-state index is 17.3. The molecule has 0 N–H and O–H groups in total. The molecule has 0 heterocycles. The van der Waals surface area contributed by atoms with E-state index >= 15 is 39.4 Å². The second-order valence-corrected chi connectivity index (χ2v) is 14.9. The number of rotatable bonds is 5. The van der Waals surface area contributed by atoms with Gasteiger partial charge in [-0.05, 0) is 50.3 Å². The third-order valence-electron chi connectivity index (χ3n) is 7.71. The summed E-state index contributed by atoms with van der Waals surface area (Å²) in [4.78, 5) is 0. The Hall–Kier alpha value is -3.68. The van der Waals surface area contributed by atoms with Gasteiger partial charge in [0.15, 0.2) is 46.5 Å². The predicted octanol–water partition coefficient (Wildman–Crippen LogP) is 7.73. The molecule has 4 rings (SSSR count). The van der Waals surface area contributed by atoms with Crippen molar-refractivity contribution in [3.05, 3.63) is 110 Å². The van der Waals surface area contributed by atoms with Crippen molar-refractivity contribution < 1.29 is 65.8 Å². The van der Waals surface area contributed by atoms with E-state index < -0.39 is 123 Å². The Kier molecular flexibility index (Phi) is 9.55. The van der Waals surface area contributed by atoms with E-state index in [2.05, 4.69) is 0 Å². The molecule has 0 radical (unpaired) electrons. The van der Waals surface area contributed by atoms with Gasteiger partial charge in [-0.3, -0.25) is 0 Å². The highest BCUT2D eigenvalue weighted by molar-refractivity contribution is 7.74. The van der Waals surface area contributed by atoms with Crippen LogP contribution in [0.25, 0.3) is 0 Å². The van der Waals surface area contributed by atoms with E-state index in [1.165, 1.54) is 34.6 Å². The van der Waals surface area contributed by atoms with Crippen LogP contribution in [-0.4, -0.2) is 11.6 Å². The molecule has 1 unspecified atom stereocenters. The average molecular weight is 719 g/mol. The van der Waals surface area contributed by atoms with E-state index in [4.69, 9.17) is 0 Å². The number of aryl methyl sites for hydroxylation is 3. The lowest BCUT2D eigenvalue weighted by atomic mass is 9.30. The van der Waals surface area contributed by atoms with Crippen LogP contribution in [0.5, 0.6) is 0 Å². The summed E-state index contributed by atoms with van der Waals surface area (Å²) in [6.07, 6.45) is -6.87. The summed E-state index contributed by atoms with van der Waals surface area (Å²) >= 11 is 0. The van der Waals surface area contributed by atoms with Crippen molar-refractivity contribution >= 4 is 41.3 Å². The third-order valence-corrected chi connectivity index (χ3v) is 11.0. The van der Waals surface area contributed by atoms with E-state index in [0.717, 1.165) is 0 Å². The van der Waals surface area contributed by atoms with Crippen LogP contribution in [0.4, 0.5) is 65.8 Å². The molecule has 1 atom stereocenters. The van der Waals surface area contributed by atoms with Crippen LogP contribution >= 0.6 is 7.92 Å². The third kappa shape index (κ3) is 5.34. The molecule has 0 saturated carbocycles. The average Bonchev–Trinajstić information content (AvgIpc) is 2.98. The molecule has 0 spiro atoms. The van der Waals surface area contributed by atoms with Crippen LogP contribution in [0.2, 0.25) is 0 Å². The van der Waals surface area contributed by atoms with Gasteiger partial charge in [0.1, 0.15) is 34.9 Å². The number of halogens is 15. The summed E-state index contributed by atoms with van der Waals surface area (Å²) in [6, 6.07) is 3.09. The Labute approximate surface area is 264 Å². The van der Waals surface area contributed by atoms with Crippen molar-refractivity contribution in [3.8, 4) is 0 Å². The SMILES string of the molecule is Cc1cc(C)c(P(c2c(F)c(F)c([B-](F)(c3c(F)c(F)c(F)c(F)c3F)c3c(F)c(F)c(F)c(F)c3F)c(F)c2F)C(C)(C)C)c(C)c1. The van der Waals surface area contributed by atoms with Gasteiger partial charge in [-0.15, -0.1) is 0 Å². The van der Waals surface area contributed by atoms with Gasteiger partial charge in [0.2, 0.25) is 0 Å². The van der Waals surface area contributed by atoms with Gasteiger partial charge in [-0.1, -0.05) is 54.9 Å². The van der Waals surface area contributed by atoms with Crippen LogP contribution in [0.3, 0.4) is 0 Å². The molecule has 4 aromatic carbocycles. The molecule has 48 heavy (non-hydrogen) atoms. The lowest BCUT2D eigenvalue weighted by molar-refractivity contribution is 0.380. The topological polar surface area (TPSA) is 0 Å². The highest BCUT2D eigenvalue weighted by Gasteiger charge is 2.49. The fraction of sp³-hybridized carbons (Fsp3) is 0.226. The molecule has 17 heteroatoms. The molecule has 0 aliphatic carbocycles. The first-order chi connectivity index (χ1) is 21.9. The second kappa shape index (κ2) is 12.3. The first kappa shape index (κ1) is 37.1. The summed E-state index contributed by atoms with van der Waals surface area (Å²) in [5.74, 6) is -43.2. The largest absolute Gasteiger partial charge is 0.498 e. The number of hydrogen-bond donors (Lipinski definition) is 0. The van der Waals surface area contributed by atoms with Gasteiger partial charge in [-0.2, -0.15) is 0 Å². The minimum Gasteiger partial charge on any atom is -0.498 e. The fourth-order valence-corrected chi connectivity index (χ4v) is 8.85. The zero-order chi connectivity index (χ0) is 36.7. The van der Waals surface area contributed by atoms with Crippen LogP contribution in [-0.2, 0) is 0 Å². The Morgan fingerprint density at radius 1 is 0.417 bits per heavy atom. The Balaban J connectivity index is 2.32. The first-order valence-electron chi connectivity index (χ1n) is 13.6. The van der Waals surface area contributed by atoms with Gasteiger partial charge in [-0.25, -0.2) is 61.5 Å². The van der Waals surface area contributed by atoms with Gasteiger partial charge in [0, 0.05) is 0 Å². The Morgan fingerprint density at radius 2 is 0.667 bits per heavy atom. The summed E-state index contributed by atoms with van der Waals surface area (Å²) in [5, 5.41) is -2.62. The van der Waals surface area contributed by atoms with Crippen molar-refractivity contribution in [1.29, 1.82) is 0 Å². The van der Waals surface area contributed by atoms with E-state index in [1.54, 1.807) is 19.1 Å². The van der Waals surface area contributed by atoms with Crippen LogP contribution in [0, 0.1) is 102 Å². The molecule has 0 bridgehead atoms. The molecule has 0 aliphatic rings. The minimum absolute atomic E-state index is 0.143. The molecule has 258 valence electrons. The molecular weight excluding hydrogens is 699 g/mol. The highest BCUT2D eigenvalue weighted by atomic mass is 31.1. The molecule has 0 fully saturated rings. The van der Waals surface area contributed by atoms with Crippen molar-refractivity contribution in [3.63, 3.8) is 0 Å². The molecule has 0 amide bonds. The van der Waals surface area contributed by atoms with Crippen LogP contribution in [0.1, 0.15) is 37.5 Å². The van der Waals surface area contributed by atoms with Crippen LogP contribution < -0.4 is 27.0 Å².